The molecule has 1 atom stereocenters. The Hall–Kier alpha value is -3.25. The molecule has 9 heteroatoms. The fourth-order valence-electron chi connectivity index (χ4n) is 5.38. The Morgan fingerprint density at radius 3 is 2.51 bits per heavy atom. The molecule has 0 aliphatic carbocycles. The van der Waals surface area contributed by atoms with Crippen LogP contribution in [-0.4, -0.2) is 62.8 Å². The van der Waals surface area contributed by atoms with Crippen LogP contribution in [0, 0.1) is 22.7 Å². The number of nitrogens with zero attached hydrogens (tertiary/aromatic N) is 4. The molecule has 2 aliphatic heterocycles. The monoisotopic (exact) mass is 486 g/mol. The Kier molecular flexibility index (Phi) is 6.69. The minimum absolute atomic E-state index is 0.0450. The van der Waals surface area contributed by atoms with Crippen LogP contribution in [0.2, 0.25) is 0 Å². The van der Waals surface area contributed by atoms with Crippen molar-refractivity contribution in [3.8, 4) is 6.07 Å². The van der Waals surface area contributed by atoms with Crippen molar-refractivity contribution < 1.29 is 23.1 Å². The summed E-state index contributed by atoms with van der Waals surface area (Å²) in [6, 6.07) is 12.9. The maximum Gasteiger partial charge on any atom is 0.417 e. The number of hydrogen-bond acceptors (Lipinski definition) is 5. The van der Waals surface area contributed by atoms with E-state index in [1.165, 1.54) is 6.07 Å². The van der Waals surface area contributed by atoms with Gasteiger partial charge in [-0.15, -0.1) is 0 Å². The molecule has 186 valence electrons. The maximum absolute atomic E-state index is 13.4. The predicted molar refractivity (Wildman–Crippen MR) is 127 cm³/mol. The molecule has 1 spiro atoms. The van der Waals surface area contributed by atoms with Gasteiger partial charge in [-0.05, 0) is 54.7 Å². The van der Waals surface area contributed by atoms with E-state index in [0.717, 1.165) is 11.8 Å². The van der Waals surface area contributed by atoms with Crippen molar-refractivity contribution in [2.24, 2.45) is 11.3 Å². The highest BCUT2D eigenvalue weighted by Crippen LogP contribution is 2.46. The number of rotatable bonds is 4. The van der Waals surface area contributed by atoms with E-state index in [9.17, 15) is 23.1 Å². The third-order valence-corrected chi connectivity index (χ3v) is 7.48. The summed E-state index contributed by atoms with van der Waals surface area (Å²) in [5.74, 6) is -0.161. The van der Waals surface area contributed by atoms with Gasteiger partial charge in [0.1, 0.15) is 0 Å². The van der Waals surface area contributed by atoms with E-state index in [0.29, 0.717) is 50.3 Å². The molecule has 0 bridgehead atoms. The molecule has 1 N–H and O–H groups in total. The molecule has 2 saturated heterocycles. The molecule has 35 heavy (non-hydrogen) atoms. The summed E-state index contributed by atoms with van der Waals surface area (Å²) in [6.45, 7) is 1.95. The zero-order valence-corrected chi connectivity index (χ0v) is 19.8. The number of piperidine rings is 1. The van der Waals surface area contributed by atoms with Gasteiger partial charge in [0.15, 0.2) is 0 Å². The fourth-order valence-corrected chi connectivity index (χ4v) is 5.38. The van der Waals surface area contributed by atoms with Crippen LogP contribution in [0.25, 0.3) is 0 Å². The Morgan fingerprint density at radius 1 is 1.20 bits per heavy atom. The number of alkyl halides is 3. The third-order valence-electron chi connectivity index (χ3n) is 7.48. The second kappa shape index (κ2) is 9.42. The molecular weight excluding hydrogens is 457 g/mol. The molecule has 0 radical (unpaired) electrons. The first kappa shape index (κ1) is 24.9. The number of amides is 1. The van der Waals surface area contributed by atoms with Gasteiger partial charge in [-0.25, -0.2) is 0 Å². The Balaban J connectivity index is 1.50. The Morgan fingerprint density at radius 2 is 1.91 bits per heavy atom. The predicted octanol–water partition coefficient (Wildman–Crippen LogP) is 3.99. The van der Waals surface area contributed by atoms with E-state index in [4.69, 9.17) is 5.26 Å². The van der Waals surface area contributed by atoms with Crippen LogP contribution < -0.4 is 9.80 Å². The van der Waals surface area contributed by atoms with Crippen molar-refractivity contribution in [3.05, 3.63) is 59.2 Å². The van der Waals surface area contributed by atoms with Crippen molar-refractivity contribution in [2.45, 2.75) is 19.0 Å². The largest absolute Gasteiger partial charge is 0.417 e. The van der Waals surface area contributed by atoms with E-state index < -0.39 is 17.3 Å². The van der Waals surface area contributed by atoms with Crippen LogP contribution in [0.1, 0.15) is 34.3 Å². The quantitative estimate of drug-likeness (QED) is 0.708. The first-order valence-electron chi connectivity index (χ1n) is 11.6. The van der Waals surface area contributed by atoms with Crippen LogP contribution in [0.5, 0.6) is 0 Å². The lowest BCUT2D eigenvalue weighted by Gasteiger charge is -2.43. The number of hydrogen-bond donors (Lipinski definition) is 1. The number of aliphatic hydroxyl groups excluding tert-OH is 1. The lowest BCUT2D eigenvalue weighted by atomic mass is 9.71. The van der Waals surface area contributed by atoms with Gasteiger partial charge in [0.05, 0.1) is 17.2 Å². The number of benzene rings is 2. The van der Waals surface area contributed by atoms with Gasteiger partial charge in [-0.2, -0.15) is 18.4 Å². The molecule has 4 rings (SSSR count). The SMILES string of the molecule is CN(C)c1cccc(C(=O)N2CC(CO)C3(CCN(c4ccc(C#N)c(C(F)(F)F)c4)CC3)C2)c1. The second-order valence-electron chi connectivity index (χ2n) is 9.70. The van der Waals surface area contributed by atoms with Gasteiger partial charge < -0.3 is 19.8 Å². The number of aliphatic hydroxyl groups is 1. The zero-order chi connectivity index (χ0) is 25.4. The van der Waals surface area contributed by atoms with Gasteiger partial charge in [0, 0.05) is 69.7 Å². The van der Waals surface area contributed by atoms with E-state index in [1.54, 1.807) is 23.1 Å². The van der Waals surface area contributed by atoms with Crippen molar-refractivity contribution in [3.63, 3.8) is 0 Å². The minimum Gasteiger partial charge on any atom is -0.396 e. The highest BCUT2D eigenvalue weighted by Gasteiger charge is 2.49. The summed E-state index contributed by atoms with van der Waals surface area (Å²) < 4.78 is 40.2. The summed E-state index contributed by atoms with van der Waals surface area (Å²) in [5, 5.41) is 19.2. The topological polar surface area (TPSA) is 70.8 Å². The first-order valence-corrected chi connectivity index (χ1v) is 11.6. The average molecular weight is 487 g/mol. The molecule has 6 nitrogen and oxygen atoms in total. The van der Waals surface area contributed by atoms with E-state index in [-0.39, 0.29) is 23.8 Å². The summed E-state index contributed by atoms with van der Waals surface area (Å²) in [5.41, 5.74) is 0.358. The van der Waals surface area contributed by atoms with Gasteiger partial charge in [0.2, 0.25) is 0 Å². The highest BCUT2D eigenvalue weighted by atomic mass is 19.4. The van der Waals surface area contributed by atoms with Crippen LogP contribution in [-0.2, 0) is 6.18 Å². The van der Waals surface area contributed by atoms with Gasteiger partial charge in [0.25, 0.3) is 5.91 Å². The first-order chi connectivity index (χ1) is 16.6. The lowest BCUT2D eigenvalue weighted by Crippen LogP contribution is -2.45. The Bertz CT molecular complexity index is 1130. The molecule has 2 aromatic carbocycles. The molecule has 2 aliphatic rings. The summed E-state index contributed by atoms with van der Waals surface area (Å²) in [7, 11) is 3.82. The zero-order valence-electron chi connectivity index (χ0n) is 19.8. The number of carbonyl (C=O) groups excluding carboxylic acids is 1. The Labute approximate surface area is 203 Å². The van der Waals surface area contributed by atoms with Gasteiger partial charge in [-0.1, -0.05) is 6.07 Å². The summed E-state index contributed by atoms with van der Waals surface area (Å²) >= 11 is 0. The third kappa shape index (κ3) is 4.80. The lowest BCUT2D eigenvalue weighted by molar-refractivity contribution is -0.137. The molecule has 1 unspecified atom stereocenters. The van der Waals surface area contributed by atoms with Crippen molar-refractivity contribution in [2.75, 3.05) is 56.7 Å². The number of anilines is 2. The van der Waals surface area contributed by atoms with Crippen LogP contribution in [0.15, 0.2) is 42.5 Å². The summed E-state index contributed by atoms with van der Waals surface area (Å²) in [4.78, 5) is 18.9. The van der Waals surface area contributed by atoms with Crippen molar-refractivity contribution in [1.82, 2.24) is 4.90 Å². The molecule has 2 aromatic rings. The second-order valence-corrected chi connectivity index (χ2v) is 9.70. The number of halogens is 3. The summed E-state index contributed by atoms with van der Waals surface area (Å²) in [6.07, 6.45) is -3.29. The molecule has 0 aromatic heterocycles. The molecule has 2 fully saturated rings. The van der Waals surface area contributed by atoms with Crippen LogP contribution in [0.3, 0.4) is 0 Å². The minimum atomic E-state index is -4.60. The average Bonchev–Trinajstić information content (AvgIpc) is 3.20. The fraction of sp³-hybridized carbons (Fsp3) is 0.462. The van der Waals surface area contributed by atoms with Crippen molar-refractivity contribution in [1.29, 1.82) is 5.26 Å². The number of likely N-dealkylation sites (tertiary alicyclic amines) is 1. The smallest absolute Gasteiger partial charge is 0.396 e. The van der Waals surface area contributed by atoms with Crippen LogP contribution in [0.4, 0.5) is 24.5 Å². The van der Waals surface area contributed by atoms with Gasteiger partial charge in [-0.3, -0.25) is 4.79 Å². The number of carbonyl (C=O) groups is 1. The van der Waals surface area contributed by atoms with Gasteiger partial charge >= 0.3 is 6.18 Å². The molecule has 1 amide bonds. The standard InChI is InChI=1S/C26H29F3N4O2/c1-31(2)21-5-3-4-18(12-21)24(35)33-15-20(16-34)25(17-33)8-10-32(11-9-25)22-7-6-19(14-30)23(13-22)26(27,28)29/h3-7,12-13,20,34H,8-11,15-17H2,1-2H3. The maximum atomic E-state index is 13.4. The van der Waals surface area contributed by atoms with Crippen molar-refractivity contribution >= 4 is 17.3 Å². The molecular formula is C26H29F3N4O2. The van der Waals surface area contributed by atoms with Crippen LogP contribution >= 0.6 is 0 Å². The molecule has 0 saturated carbocycles. The highest BCUT2D eigenvalue weighted by molar-refractivity contribution is 5.95. The van der Waals surface area contributed by atoms with E-state index in [1.807, 2.05) is 42.1 Å². The van der Waals surface area contributed by atoms with E-state index >= 15 is 0 Å². The van der Waals surface area contributed by atoms with E-state index in [2.05, 4.69) is 0 Å². The number of nitriles is 1. The molecule has 2 heterocycles. The normalized spacial score (nSPS) is 19.6.